The highest BCUT2D eigenvalue weighted by atomic mass is 35.5. The second-order valence-corrected chi connectivity index (χ2v) is 6.52. The zero-order valence-corrected chi connectivity index (χ0v) is 14.5. The molecule has 1 aliphatic carbocycles. The van der Waals surface area contributed by atoms with E-state index in [0.717, 1.165) is 22.3 Å². The first-order valence-electron chi connectivity index (χ1n) is 7.48. The number of nitrogens with two attached hydrogens (primary N) is 2. The summed E-state index contributed by atoms with van der Waals surface area (Å²) in [7, 11) is 0. The summed E-state index contributed by atoms with van der Waals surface area (Å²) in [5.74, 6) is 0.371. The van der Waals surface area contributed by atoms with Gasteiger partial charge in [0.2, 0.25) is 0 Å². The van der Waals surface area contributed by atoms with E-state index in [1.807, 2.05) is 36.4 Å². The molecule has 0 aliphatic heterocycles. The topological polar surface area (TPSA) is 64.4 Å². The number of nitrogens with zero attached hydrogens (tertiary/aromatic N) is 1. The molecule has 0 saturated carbocycles. The van der Waals surface area contributed by atoms with Gasteiger partial charge in [-0.25, -0.2) is 4.99 Å². The van der Waals surface area contributed by atoms with Crippen LogP contribution in [0.15, 0.2) is 65.4 Å². The Balaban J connectivity index is 2.11. The third-order valence-corrected chi connectivity index (χ3v) is 4.87. The summed E-state index contributed by atoms with van der Waals surface area (Å²) in [5.41, 5.74) is 16.8. The number of hydrogen-bond donors (Lipinski definition) is 2. The van der Waals surface area contributed by atoms with Gasteiger partial charge >= 0.3 is 0 Å². The Labute approximate surface area is 151 Å². The van der Waals surface area contributed by atoms with Gasteiger partial charge < -0.3 is 11.5 Å². The highest BCUT2D eigenvalue weighted by Crippen LogP contribution is 2.41. The molecular formula is C19H17Cl2N3. The highest BCUT2D eigenvalue weighted by Gasteiger charge is 2.26. The number of aliphatic imine (C=N–C) groups is 1. The molecule has 0 unspecified atom stereocenters. The molecule has 0 spiro atoms. The maximum absolute atomic E-state index is 6.34. The minimum absolute atomic E-state index is 0.121. The Hall–Kier alpha value is -2.23. The summed E-state index contributed by atoms with van der Waals surface area (Å²) in [4.78, 5) is 4.10. The zero-order chi connectivity index (χ0) is 17.3. The van der Waals surface area contributed by atoms with Gasteiger partial charge in [0.05, 0.1) is 10.0 Å². The van der Waals surface area contributed by atoms with E-state index >= 15 is 0 Å². The number of halogens is 2. The monoisotopic (exact) mass is 357 g/mol. The molecule has 122 valence electrons. The molecule has 0 bridgehead atoms. The van der Waals surface area contributed by atoms with Crippen LogP contribution < -0.4 is 11.5 Å². The van der Waals surface area contributed by atoms with Crippen molar-refractivity contribution in [1.29, 1.82) is 0 Å². The predicted molar refractivity (Wildman–Crippen MR) is 102 cm³/mol. The molecule has 0 amide bonds. The fourth-order valence-corrected chi connectivity index (χ4v) is 3.28. The van der Waals surface area contributed by atoms with Gasteiger partial charge in [-0.15, -0.1) is 0 Å². The summed E-state index contributed by atoms with van der Waals surface area (Å²) in [6.07, 6.45) is 2.40. The van der Waals surface area contributed by atoms with E-state index < -0.39 is 0 Å². The summed E-state index contributed by atoms with van der Waals surface area (Å²) >= 11 is 12.3. The van der Waals surface area contributed by atoms with Crippen LogP contribution in [-0.4, -0.2) is 6.21 Å². The molecule has 2 aromatic carbocycles. The van der Waals surface area contributed by atoms with Crippen LogP contribution in [0, 0.1) is 0 Å². The molecule has 1 aliphatic rings. The van der Waals surface area contributed by atoms with Crippen LogP contribution in [0.5, 0.6) is 0 Å². The summed E-state index contributed by atoms with van der Waals surface area (Å²) < 4.78 is 0. The van der Waals surface area contributed by atoms with Crippen LogP contribution in [0.4, 0.5) is 0 Å². The van der Waals surface area contributed by atoms with Gasteiger partial charge in [-0.05, 0) is 35.3 Å². The lowest BCUT2D eigenvalue weighted by Gasteiger charge is -2.28. The first-order valence-corrected chi connectivity index (χ1v) is 8.24. The van der Waals surface area contributed by atoms with Crippen molar-refractivity contribution in [3.8, 4) is 0 Å². The van der Waals surface area contributed by atoms with Crippen molar-refractivity contribution >= 4 is 35.1 Å². The van der Waals surface area contributed by atoms with Crippen LogP contribution in [0.25, 0.3) is 5.70 Å². The van der Waals surface area contributed by atoms with Crippen LogP contribution in [0.1, 0.15) is 29.0 Å². The van der Waals surface area contributed by atoms with E-state index in [2.05, 4.69) is 17.6 Å². The fourth-order valence-electron chi connectivity index (χ4n) is 2.97. The third kappa shape index (κ3) is 3.18. The lowest BCUT2D eigenvalue weighted by molar-refractivity contribution is 0.799. The third-order valence-electron chi connectivity index (χ3n) is 4.13. The summed E-state index contributed by atoms with van der Waals surface area (Å²) in [6.45, 7) is 3.59. The van der Waals surface area contributed by atoms with Gasteiger partial charge in [-0.1, -0.05) is 60.1 Å². The number of rotatable bonds is 3. The Kier molecular flexibility index (Phi) is 4.65. The molecule has 2 aromatic rings. The normalized spacial score (nSPS) is 17.2. The van der Waals surface area contributed by atoms with Crippen molar-refractivity contribution in [2.24, 2.45) is 16.5 Å². The van der Waals surface area contributed by atoms with Crippen molar-refractivity contribution in [1.82, 2.24) is 0 Å². The van der Waals surface area contributed by atoms with E-state index in [1.165, 1.54) is 0 Å². The van der Waals surface area contributed by atoms with Gasteiger partial charge in [0, 0.05) is 23.4 Å². The number of benzene rings is 2. The predicted octanol–water partition coefficient (Wildman–Crippen LogP) is 4.70. The average Bonchev–Trinajstić information content (AvgIpc) is 2.57. The van der Waals surface area contributed by atoms with E-state index in [9.17, 15) is 0 Å². The van der Waals surface area contributed by atoms with Crippen LogP contribution >= 0.6 is 23.2 Å². The van der Waals surface area contributed by atoms with Crippen LogP contribution in [0.3, 0.4) is 0 Å². The number of hydrogen-bond acceptors (Lipinski definition) is 3. The molecule has 1 atom stereocenters. The average molecular weight is 358 g/mol. The lowest BCUT2D eigenvalue weighted by Crippen LogP contribution is -2.17. The Bertz CT molecular complexity index is 869. The SMILES string of the molecule is C=C(N)N=CC1=C(N)c2ccccc2[C@H](c2ccc(Cl)c(Cl)c2)C1. The Morgan fingerprint density at radius 1 is 1.17 bits per heavy atom. The molecule has 3 nitrogen and oxygen atoms in total. The molecule has 0 aromatic heterocycles. The summed E-state index contributed by atoms with van der Waals surface area (Å²) in [6, 6.07) is 13.8. The summed E-state index contributed by atoms with van der Waals surface area (Å²) in [5, 5.41) is 1.08. The quantitative estimate of drug-likeness (QED) is 0.781. The van der Waals surface area contributed by atoms with Gasteiger partial charge in [-0.2, -0.15) is 0 Å². The maximum Gasteiger partial charge on any atom is 0.116 e. The molecular weight excluding hydrogens is 341 g/mol. The second-order valence-electron chi connectivity index (χ2n) is 5.71. The molecule has 0 radical (unpaired) electrons. The van der Waals surface area contributed by atoms with Crippen LogP contribution in [-0.2, 0) is 0 Å². The van der Waals surface area contributed by atoms with Gasteiger partial charge in [0.15, 0.2) is 0 Å². The minimum atomic E-state index is 0.121. The van der Waals surface area contributed by atoms with Crippen molar-refractivity contribution < 1.29 is 0 Å². The smallest absolute Gasteiger partial charge is 0.116 e. The van der Waals surface area contributed by atoms with Crippen molar-refractivity contribution in [3.63, 3.8) is 0 Å². The standard InChI is InChI=1S/C19H17Cl2N3/c1-11(22)24-10-13-8-16(12-6-7-17(20)18(21)9-12)14-4-2-3-5-15(14)19(13)23/h2-7,9-10,16H,1,8,22-23H2/t16-/m0/s1. The van der Waals surface area contributed by atoms with Crippen molar-refractivity contribution in [2.45, 2.75) is 12.3 Å². The first-order chi connectivity index (χ1) is 11.5. The molecule has 24 heavy (non-hydrogen) atoms. The van der Waals surface area contributed by atoms with E-state index in [-0.39, 0.29) is 11.7 Å². The Morgan fingerprint density at radius 3 is 2.62 bits per heavy atom. The minimum Gasteiger partial charge on any atom is -0.398 e. The molecule has 0 heterocycles. The molecule has 4 N–H and O–H groups in total. The molecule has 5 heteroatoms. The first kappa shape index (κ1) is 16.6. The van der Waals surface area contributed by atoms with E-state index in [0.29, 0.717) is 22.2 Å². The van der Waals surface area contributed by atoms with Gasteiger partial charge in [0.25, 0.3) is 0 Å². The Morgan fingerprint density at radius 2 is 1.92 bits per heavy atom. The van der Waals surface area contributed by atoms with E-state index in [1.54, 1.807) is 6.21 Å². The number of allylic oxidation sites excluding steroid dienone is 1. The number of fused-ring (bicyclic) bond motifs is 1. The molecule has 3 rings (SSSR count). The largest absolute Gasteiger partial charge is 0.398 e. The van der Waals surface area contributed by atoms with Crippen molar-refractivity contribution in [2.75, 3.05) is 0 Å². The highest BCUT2D eigenvalue weighted by molar-refractivity contribution is 6.42. The fraction of sp³-hybridized carbons (Fsp3) is 0.105. The van der Waals surface area contributed by atoms with Gasteiger partial charge in [0.1, 0.15) is 5.82 Å². The van der Waals surface area contributed by atoms with Gasteiger partial charge in [-0.3, -0.25) is 0 Å². The van der Waals surface area contributed by atoms with Crippen LogP contribution in [0.2, 0.25) is 10.0 Å². The maximum atomic E-state index is 6.34. The zero-order valence-electron chi connectivity index (χ0n) is 13.0. The lowest BCUT2D eigenvalue weighted by atomic mass is 9.78. The molecule has 0 saturated heterocycles. The van der Waals surface area contributed by atoms with E-state index in [4.69, 9.17) is 34.7 Å². The second kappa shape index (κ2) is 6.71. The van der Waals surface area contributed by atoms with Crippen molar-refractivity contribution in [3.05, 3.63) is 87.2 Å². The molecule has 0 fully saturated rings.